The molecule has 1 N–H and O–H groups in total. The van der Waals surface area contributed by atoms with E-state index in [9.17, 15) is 5.26 Å². The maximum absolute atomic E-state index is 9.53. The van der Waals surface area contributed by atoms with Crippen molar-refractivity contribution in [3.05, 3.63) is 30.3 Å². The molecule has 0 amide bonds. The number of piperidine rings is 1. The molecule has 3 heteroatoms. The van der Waals surface area contributed by atoms with Crippen molar-refractivity contribution >= 4 is 5.69 Å². The first-order chi connectivity index (χ1) is 8.83. The van der Waals surface area contributed by atoms with Crippen LogP contribution in [0.3, 0.4) is 0 Å². The summed E-state index contributed by atoms with van der Waals surface area (Å²) in [6, 6.07) is 10.2. The Balaban J connectivity index is 2.27. The van der Waals surface area contributed by atoms with Gasteiger partial charge in [0.25, 0.3) is 0 Å². The number of anilines is 1. The van der Waals surface area contributed by atoms with E-state index in [1.54, 1.807) is 0 Å². The molecule has 1 fully saturated rings. The summed E-state index contributed by atoms with van der Waals surface area (Å²) >= 11 is 0. The van der Waals surface area contributed by atoms with Crippen molar-refractivity contribution < 1.29 is 0 Å². The van der Waals surface area contributed by atoms with Crippen LogP contribution in [0.1, 0.15) is 40.5 Å². The quantitative estimate of drug-likeness (QED) is 0.653. The molecule has 0 unspecified atom stereocenters. The van der Waals surface area contributed by atoms with E-state index in [0.29, 0.717) is 0 Å². The number of hydrogen-bond donors (Lipinski definition) is 1. The highest BCUT2D eigenvalue weighted by molar-refractivity contribution is 5.51. The van der Waals surface area contributed by atoms with Crippen LogP contribution >= 0.6 is 0 Å². The summed E-state index contributed by atoms with van der Waals surface area (Å²) < 4.78 is 0. The molecule has 0 atom stereocenters. The molecule has 0 bridgehead atoms. The first-order valence-corrected chi connectivity index (χ1v) is 6.86. The van der Waals surface area contributed by atoms with E-state index in [2.05, 4.69) is 39.2 Å². The van der Waals surface area contributed by atoms with Gasteiger partial charge >= 0.3 is 0 Å². The smallest absolute Gasteiger partial charge is 0.184 e. The predicted octanol–water partition coefficient (Wildman–Crippen LogP) is 3.28. The molecule has 1 aromatic rings. The Kier molecular flexibility index (Phi) is 3.56. The minimum absolute atomic E-state index is 0.0519. The Labute approximate surface area is 116 Å². The predicted molar refractivity (Wildman–Crippen MR) is 78.8 cm³/mol. The van der Waals surface area contributed by atoms with E-state index in [1.165, 1.54) is 0 Å². The highest BCUT2D eigenvalue weighted by atomic mass is 15.2. The second kappa shape index (κ2) is 4.86. The van der Waals surface area contributed by atoms with Crippen molar-refractivity contribution in [2.45, 2.75) is 57.7 Å². The van der Waals surface area contributed by atoms with Crippen LogP contribution in [0, 0.1) is 11.5 Å². The standard InChI is InChI=1S/C16H23N3/c1-15(2)10-14(11-16(3,4)18-15)19(12-17)13-8-6-5-7-9-13/h5-9,14,18H,10-11H2,1-4H3. The van der Waals surface area contributed by atoms with Crippen molar-refractivity contribution in [2.75, 3.05) is 4.90 Å². The largest absolute Gasteiger partial charge is 0.307 e. The highest BCUT2D eigenvalue weighted by Crippen LogP contribution is 2.33. The zero-order valence-corrected chi connectivity index (χ0v) is 12.3. The molecule has 0 radical (unpaired) electrons. The molecule has 2 rings (SSSR count). The van der Waals surface area contributed by atoms with Gasteiger partial charge in [-0.1, -0.05) is 18.2 Å². The van der Waals surface area contributed by atoms with E-state index in [-0.39, 0.29) is 17.1 Å². The second-order valence-corrected chi connectivity index (χ2v) is 6.76. The van der Waals surface area contributed by atoms with E-state index in [1.807, 2.05) is 35.2 Å². The zero-order chi connectivity index (χ0) is 14.1. The summed E-state index contributed by atoms with van der Waals surface area (Å²) in [4.78, 5) is 1.87. The van der Waals surface area contributed by atoms with Gasteiger partial charge in [0, 0.05) is 17.1 Å². The third kappa shape index (κ3) is 3.27. The maximum atomic E-state index is 9.53. The Morgan fingerprint density at radius 3 is 2.11 bits per heavy atom. The summed E-state index contributed by atoms with van der Waals surface area (Å²) in [5, 5.41) is 13.2. The van der Waals surface area contributed by atoms with Gasteiger partial charge in [0.15, 0.2) is 6.19 Å². The summed E-state index contributed by atoms with van der Waals surface area (Å²) in [5.74, 6) is 0. The fraction of sp³-hybridized carbons (Fsp3) is 0.562. The van der Waals surface area contributed by atoms with Gasteiger partial charge in [-0.25, -0.2) is 0 Å². The third-order valence-electron chi connectivity index (χ3n) is 3.68. The Morgan fingerprint density at radius 1 is 1.11 bits per heavy atom. The fourth-order valence-corrected chi connectivity index (χ4v) is 3.39. The molecular weight excluding hydrogens is 234 g/mol. The van der Waals surface area contributed by atoms with Crippen LogP contribution < -0.4 is 10.2 Å². The molecule has 1 heterocycles. The molecule has 0 aliphatic carbocycles. The van der Waals surface area contributed by atoms with Crippen LogP contribution in [0.25, 0.3) is 0 Å². The van der Waals surface area contributed by atoms with Crippen LogP contribution in [-0.2, 0) is 0 Å². The van der Waals surface area contributed by atoms with Crippen molar-refractivity contribution in [1.29, 1.82) is 5.26 Å². The van der Waals surface area contributed by atoms with Crippen LogP contribution in [0.5, 0.6) is 0 Å². The lowest BCUT2D eigenvalue weighted by atomic mass is 9.79. The van der Waals surface area contributed by atoms with Crippen LogP contribution in [-0.4, -0.2) is 17.1 Å². The van der Waals surface area contributed by atoms with Crippen LogP contribution in [0.15, 0.2) is 30.3 Å². The van der Waals surface area contributed by atoms with Gasteiger partial charge in [-0.2, -0.15) is 5.26 Å². The van der Waals surface area contributed by atoms with Crippen molar-refractivity contribution in [3.63, 3.8) is 0 Å². The Hall–Kier alpha value is -1.53. The van der Waals surface area contributed by atoms with Crippen LogP contribution in [0.2, 0.25) is 0 Å². The fourth-order valence-electron chi connectivity index (χ4n) is 3.39. The summed E-state index contributed by atoms with van der Waals surface area (Å²) in [7, 11) is 0. The molecule has 0 aromatic heterocycles. The van der Waals surface area contributed by atoms with Gasteiger partial charge in [0.1, 0.15) is 0 Å². The van der Waals surface area contributed by atoms with Gasteiger partial charge in [-0.15, -0.1) is 0 Å². The molecule has 1 saturated heterocycles. The number of benzene rings is 1. The summed E-state index contributed by atoms with van der Waals surface area (Å²) in [5.41, 5.74) is 1.09. The number of hydrogen-bond acceptors (Lipinski definition) is 3. The molecule has 0 spiro atoms. The van der Waals surface area contributed by atoms with E-state index < -0.39 is 0 Å². The minimum atomic E-state index is 0.0519. The van der Waals surface area contributed by atoms with Crippen molar-refractivity contribution in [2.24, 2.45) is 0 Å². The number of nitriles is 1. The SMILES string of the molecule is CC1(C)CC(N(C#N)c2ccccc2)CC(C)(C)N1. The molecule has 19 heavy (non-hydrogen) atoms. The second-order valence-electron chi connectivity index (χ2n) is 6.76. The maximum Gasteiger partial charge on any atom is 0.184 e. The van der Waals surface area contributed by atoms with E-state index in [0.717, 1.165) is 18.5 Å². The van der Waals surface area contributed by atoms with Gasteiger partial charge < -0.3 is 5.32 Å². The lowest BCUT2D eigenvalue weighted by Crippen LogP contribution is -2.61. The number of para-hydroxylation sites is 1. The molecule has 1 aliphatic rings. The molecule has 1 aliphatic heterocycles. The van der Waals surface area contributed by atoms with Crippen LogP contribution in [0.4, 0.5) is 5.69 Å². The Bertz CT molecular complexity index is 455. The average molecular weight is 257 g/mol. The monoisotopic (exact) mass is 257 g/mol. The van der Waals surface area contributed by atoms with E-state index in [4.69, 9.17) is 0 Å². The highest BCUT2D eigenvalue weighted by Gasteiger charge is 2.40. The van der Waals surface area contributed by atoms with E-state index >= 15 is 0 Å². The van der Waals surface area contributed by atoms with Crippen molar-refractivity contribution in [1.82, 2.24) is 5.32 Å². The molecule has 102 valence electrons. The topological polar surface area (TPSA) is 39.1 Å². The first kappa shape index (κ1) is 13.9. The minimum Gasteiger partial charge on any atom is -0.307 e. The zero-order valence-electron chi connectivity index (χ0n) is 12.3. The van der Waals surface area contributed by atoms with Crippen molar-refractivity contribution in [3.8, 4) is 6.19 Å². The first-order valence-electron chi connectivity index (χ1n) is 6.86. The summed E-state index contributed by atoms with van der Waals surface area (Å²) in [6.07, 6.45) is 4.31. The average Bonchev–Trinajstić information content (AvgIpc) is 2.27. The third-order valence-corrected chi connectivity index (χ3v) is 3.68. The van der Waals surface area contributed by atoms with Gasteiger partial charge in [0.2, 0.25) is 0 Å². The summed E-state index contributed by atoms with van der Waals surface area (Å²) in [6.45, 7) is 8.84. The molecule has 1 aromatic carbocycles. The molecule has 3 nitrogen and oxygen atoms in total. The number of nitrogens with zero attached hydrogens (tertiary/aromatic N) is 2. The lowest BCUT2D eigenvalue weighted by molar-refractivity contribution is 0.163. The molecular formula is C16H23N3. The lowest BCUT2D eigenvalue weighted by Gasteiger charge is -2.48. The number of rotatable bonds is 2. The van der Waals surface area contributed by atoms with Gasteiger partial charge in [-0.3, -0.25) is 4.90 Å². The molecule has 0 saturated carbocycles. The van der Waals surface area contributed by atoms with Gasteiger partial charge in [0.05, 0.1) is 5.69 Å². The Morgan fingerprint density at radius 2 is 1.63 bits per heavy atom. The normalized spacial score (nSPS) is 21.6. The number of nitrogens with one attached hydrogen (secondary N) is 1. The van der Waals surface area contributed by atoms with Gasteiger partial charge in [-0.05, 0) is 52.7 Å².